The standard InChI is InChI=1S/C16H22N2O/c1-18(11-12-3-2-4-12)16(19)14-6-5-13-7-8-17-10-15(13)9-14/h5-6,9,12,17H,2-4,7-8,10-11H2,1H3. The van der Waals surface area contributed by atoms with Crippen LogP contribution in [0.15, 0.2) is 18.2 Å². The Labute approximate surface area is 115 Å². The number of amides is 1. The van der Waals surface area contributed by atoms with Crippen molar-refractivity contribution < 1.29 is 4.79 Å². The number of fused-ring (bicyclic) bond motifs is 1. The lowest BCUT2D eigenvalue weighted by atomic mass is 9.85. The molecule has 1 saturated carbocycles. The Bertz CT molecular complexity index is 480. The van der Waals surface area contributed by atoms with Gasteiger partial charge in [0.1, 0.15) is 0 Å². The predicted octanol–water partition coefficient (Wildman–Crippen LogP) is 2.20. The Balaban J connectivity index is 1.71. The second-order valence-corrected chi connectivity index (χ2v) is 5.89. The molecule has 3 heteroatoms. The molecular weight excluding hydrogens is 236 g/mol. The summed E-state index contributed by atoms with van der Waals surface area (Å²) in [5.41, 5.74) is 3.51. The van der Waals surface area contributed by atoms with Crippen LogP contribution in [0.2, 0.25) is 0 Å². The second-order valence-electron chi connectivity index (χ2n) is 5.89. The number of hydrogen-bond acceptors (Lipinski definition) is 2. The van der Waals surface area contributed by atoms with Crippen molar-refractivity contribution in [3.8, 4) is 0 Å². The Morgan fingerprint density at radius 2 is 2.21 bits per heavy atom. The molecule has 1 heterocycles. The zero-order valence-corrected chi connectivity index (χ0v) is 11.6. The summed E-state index contributed by atoms with van der Waals surface area (Å²) in [5.74, 6) is 0.897. The minimum Gasteiger partial charge on any atom is -0.341 e. The normalized spacial score (nSPS) is 18.6. The highest BCUT2D eigenvalue weighted by Gasteiger charge is 2.22. The van der Waals surface area contributed by atoms with Crippen LogP contribution >= 0.6 is 0 Å². The molecule has 0 bridgehead atoms. The molecule has 1 aromatic rings. The van der Waals surface area contributed by atoms with E-state index in [0.29, 0.717) is 0 Å². The molecular formula is C16H22N2O. The van der Waals surface area contributed by atoms with Crippen LogP contribution in [-0.4, -0.2) is 30.9 Å². The fourth-order valence-electron chi connectivity index (χ4n) is 2.98. The molecule has 3 nitrogen and oxygen atoms in total. The topological polar surface area (TPSA) is 32.3 Å². The molecule has 1 N–H and O–H groups in total. The summed E-state index contributed by atoms with van der Waals surface area (Å²) in [6, 6.07) is 6.19. The third-order valence-electron chi connectivity index (χ3n) is 4.44. The minimum atomic E-state index is 0.167. The summed E-state index contributed by atoms with van der Waals surface area (Å²) in [5, 5.41) is 3.36. The summed E-state index contributed by atoms with van der Waals surface area (Å²) in [6.07, 6.45) is 4.97. The molecule has 1 amide bonds. The first-order chi connectivity index (χ1) is 9.24. The largest absolute Gasteiger partial charge is 0.341 e. The molecule has 1 aliphatic heterocycles. The molecule has 1 aliphatic carbocycles. The highest BCUT2D eigenvalue weighted by molar-refractivity contribution is 5.94. The third-order valence-corrected chi connectivity index (χ3v) is 4.44. The first-order valence-corrected chi connectivity index (χ1v) is 7.32. The quantitative estimate of drug-likeness (QED) is 0.901. The molecule has 0 spiro atoms. The van der Waals surface area contributed by atoms with E-state index >= 15 is 0 Å². The van der Waals surface area contributed by atoms with E-state index in [1.54, 1.807) is 0 Å². The van der Waals surface area contributed by atoms with Crippen molar-refractivity contribution in [2.45, 2.75) is 32.2 Å². The lowest BCUT2D eigenvalue weighted by molar-refractivity contribution is 0.0745. The Morgan fingerprint density at radius 3 is 2.95 bits per heavy atom. The van der Waals surface area contributed by atoms with Gasteiger partial charge in [-0.05, 0) is 55.0 Å². The van der Waals surface area contributed by atoms with Gasteiger partial charge in [0.2, 0.25) is 0 Å². The van der Waals surface area contributed by atoms with Crippen LogP contribution in [0.1, 0.15) is 40.7 Å². The molecule has 19 heavy (non-hydrogen) atoms. The maximum absolute atomic E-state index is 12.4. The van der Waals surface area contributed by atoms with Crippen molar-refractivity contribution >= 4 is 5.91 Å². The van der Waals surface area contributed by atoms with Gasteiger partial charge >= 0.3 is 0 Å². The van der Waals surface area contributed by atoms with Gasteiger partial charge in [0.15, 0.2) is 0 Å². The van der Waals surface area contributed by atoms with Crippen molar-refractivity contribution in [1.29, 1.82) is 0 Å². The molecule has 0 saturated heterocycles. The summed E-state index contributed by atoms with van der Waals surface area (Å²) < 4.78 is 0. The van der Waals surface area contributed by atoms with E-state index in [-0.39, 0.29) is 5.91 Å². The zero-order valence-electron chi connectivity index (χ0n) is 11.6. The number of nitrogens with one attached hydrogen (secondary N) is 1. The van der Waals surface area contributed by atoms with Gasteiger partial charge in [-0.3, -0.25) is 4.79 Å². The van der Waals surface area contributed by atoms with Crippen LogP contribution in [0.3, 0.4) is 0 Å². The third kappa shape index (κ3) is 2.66. The summed E-state index contributed by atoms with van der Waals surface area (Å²) in [4.78, 5) is 14.3. The fraction of sp³-hybridized carbons (Fsp3) is 0.562. The van der Waals surface area contributed by atoms with Crippen LogP contribution in [0, 0.1) is 5.92 Å². The smallest absolute Gasteiger partial charge is 0.253 e. The number of nitrogens with zero attached hydrogens (tertiary/aromatic N) is 1. The molecule has 3 rings (SSSR count). The molecule has 0 aromatic heterocycles. The molecule has 0 unspecified atom stereocenters. The number of rotatable bonds is 3. The summed E-state index contributed by atoms with van der Waals surface area (Å²) >= 11 is 0. The Kier molecular flexibility index (Phi) is 3.56. The molecule has 2 aliphatic rings. The predicted molar refractivity (Wildman–Crippen MR) is 76.2 cm³/mol. The van der Waals surface area contributed by atoms with Gasteiger partial charge in [-0.25, -0.2) is 0 Å². The Morgan fingerprint density at radius 1 is 1.37 bits per heavy atom. The molecule has 0 radical (unpaired) electrons. The maximum Gasteiger partial charge on any atom is 0.253 e. The van der Waals surface area contributed by atoms with E-state index in [9.17, 15) is 4.79 Å². The summed E-state index contributed by atoms with van der Waals surface area (Å²) in [6.45, 7) is 2.85. The van der Waals surface area contributed by atoms with Gasteiger partial charge in [-0.15, -0.1) is 0 Å². The van der Waals surface area contributed by atoms with Gasteiger partial charge in [-0.2, -0.15) is 0 Å². The fourth-order valence-corrected chi connectivity index (χ4v) is 2.98. The minimum absolute atomic E-state index is 0.167. The molecule has 102 valence electrons. The lowest BCUT2D eigenvalue weighted by Gasteiger charge is -2.30. The van der Waals surface area contributed by atoms with E-state index in [1.165, 1.54) is 30.4 Å². The lowest BCUT2D eigenvalue weighted by Crippen LogP contribution is -2.34. The molecule has 1 aromatic carbocycles. The highest BCUT2D eigenvalue weighted by atomic mass is 16.2. The van der Waals surface area contributed by atoms with Gasteiger partial charge in [0.05, 0.1) is 0 Å². The second kappa shape index (κ2) is 5.33. The van der Waals surface area contributed by atoms with Crippen molar-refractivity contribution in [3.63, 3.8) is 0 Å². The van der Waals surface area contributed by atoms with Crippen LogP contribution in [-0.2, 0) is 13.0 Å². The van der Waals surface area contributed by atoms with E-state index in [4.69, 9.17) is 0 Å². The van der Waals surface area contributed by atoms with E-state index in [0.717, 1.165) is 37.5 Å². The highest BCUT2D eigenvalue weighted by Crippen LogP contribution is 2.27. The molecule has 1 fully saturated rings. The van der Waals surface area contributed by atoms with Crippen LogP contribution < -0.4 is 5.32 Å². The van der Waals surface area contributed by atoms with Gasteiger partial charge in [0.25, 0.3) is 5.91 Å². The van der Waals surface area contributed by atoms with E-state index in [2.05, 4.69) is 17.4 Å². The average Bonchev–Trinajstić information content (AvgIpc) is 2.41. The Hall–Kier alpha value is -1.35. The zero-order chi connectivity index (χ0) is 13.2. The van der Waals surface area contributed by atoms with Gasteiger partial charge in [0, 0.05) is 25.7 Å². The van der Waals surface area contributed by atoms with Crippen LogP contribution in [0.4, 0.5) is 0 Å². The summed E-state index contributed by atoms with van der Waals surface area (Å²) in [7, 11) is 1.93. The average molecular weight is 258 g/mol. The number of benzene rings is 1. The van der Waals surface area contributed by atoms with Crippen LogP contribution in [0.25, 0.3) is 0 Å². The maximum atomic E-state index is 12.4. The first-order valence-electron chi connectivity index (χ1n) is 7.32. The van der Waals surface area contributed by atoms with Crippen molar-refractivity contribution in [2.24, 2.45) is 5.92 Å². The van der Waals surface area contributed by atoms with Crippen molar-refractivity contribution in [1.82, 2.24) is 10.2 Å². The first kappa shape index (κ1) is 12.7. The van der Waals surface area contributed by atoms with Crippen LogP contribution in [0.5, 0.6) is 0 Å². The number of carbonyl (C=O) groups excluding carboxylic acids is 1. The SMILES string of the molecule is CN(CC1CCC1)C(=O)c1ccc2c(c1)CNCC2. The van der Waals surface area contributed by atoms with E-state index in [1.807, 2.05) is 18.0 Å². The number of hydrogen-bond donors (Lipinski definition) is 1. The monoisotopic (exact) mass is 258 g/mol. The molecule has 0 atom stereocenters. The number of carbonyl (C=O) groups is 1. The van der Waals surface area contributed by atoms with E-state index < -0.39 is 0 Å². The van der Waals surface area contributed by atoms with Gasteiger partial charge < -0.3 is 10.2 Å². The van der Waals surface area contributed by atoms with Gasteiger partial charge in [-0.1, -0.05) is 12.5 Å². The van der Waals surface area contributed by atoms with Crippen molar-refractivity contribution in [2.75, 3.05) is 20.1 Å². The van der Waals surface area contributed by atoms with Crippen molar-refractivity contribution in [3.05, 3.63) is 34.9 Å².